The molecule has 3 rings (SSSR count). The minimum Gasteiger partial charge on any atom is -0.481 e. The first-order valence-electron chi connectivity index (χ1n) is 8.07. The quantitative estimate of drug-likeness (QED) is 0.683. The zero-order chi connectivity index (χ0) is 18.5. The monoisotopic (exact) mass is 366 g/mol. The number of benzene rings is 1. The average molecular weight is 367 g/mol. The molecule has 2 heterocycles. The van der Waals surface area contributed by atoms with Crippen LogP contribution in [0.15, 0.2) is 61.2 Å². The van der Waals surface area contributed by atoms with Gasteiger partial charge in [-0.1, -0.05) is 30.3 Å². The van der Waals surface area contributed by atoms with Gasteiger partial charge in [0.05, 0.1) is 7.11 Å². The number of anilines is 1. The number of aromatic nitrogens is 3. The molecule has 0 aliphatic rings. The number of pyridine rings is 1. The zero-order valence-electron chi connectivity index (χ0n) is 14.7. The van der Waals surface area contributed by atoms with Crippen LogP contribution in [0.1, 0.15) is 18.1 Å². The van der Waals surface area contributed by atoms with Crippen LogP contribution in [-0.2, 0) is 6.42 Å². The van der Waals surface area contributed by atoms with E-state index in [1.807, 2.05) is 31.2 Å². The first-order valence-corrected chi connectivity index (χ1v) is 8.45. The standard InChI is InChI=1S/C20H19ClN4O/c1-13(2)25-20-23-11-15(12-24-20)7-14-8-18(19(26-3)22-10-14)16-5-4-6-17(21)9-16/h4-6,8-12H,1,7H2,2-3H3,(H,23,24,25). The molecule has 0 saturated carbocycles. The van der Waals surface area contributed by atoms with Gasteiger partial charge in [-0.2, -0.15) is 0 Å². The molecule has 6 heteroatoms. The number of nitrogens with zero attached hydrogens (tertiary/aromatic N) is 3. The average Bonchev–Trinajstić information content (AvgIpc) is 2.63. The second-order valence-corrected chi connectivity index (χ2v) is 6.34. The molecular formula is C20H19ClN4O. The minimum atomic E-state index is 0.536. The van der Waals surface area contributed by atoms with Crippen LogP contribution < -0.4 is 10.1 Å². The number of hydrogen-bond donors (Lipinski definition) is 1. The number of hydrogen-bond acceptors (Lipinski definition) is 5. The Morgan fingerprint density at radius 1 is 1.12 bits per heavy atom. The molecule has 3 aromatic rings. The van der Waals surface area contributed by atoms with Crippen molar-refractivity contribution in [3.63, 3.8) is 0 Å². The lowest BCUT2D eigenvalue weighted by atomic mass is 10.0. The summed E-state index contributed by atoms with van der Waals surface area (Å²) in [5.74, 6) is 1.10. The van der Waals surface area contributed by atoms with E-state index in [2.05, 4.69) is 32.9 Å². The van der Waals surface area contributed by atoms with E-state index < -0.39 is 0 Å². The second kappa shape index (κ2) is 7.97. The van der Waals surface area contributed by atoms with Crippen molar-refractivity contribution in [2.75, 3.05) is 12.4 Å². The predicted molar refractivity (Wildman–Crippen MR) is 105 cm³/mol. The third kappa shape index (κ3) is 4.37. The summed E-state index contributed by atoms with van der Waals surface area (Å²) in [5.41, 5.74) is 4.67. The summed E-state index contributed by atoms with van der Waals surface area (Å²) in [6.45, 7) is 5.64. The van der Waals surface area contributed by atoms with Crippen molar-refractivity contribution in [1.82, 2.24) is 15.0 Å². The van der Waals surface area contributed by atoms with E-state index in [9.17, 15) is 0 Å². The van der Waals surface area contributed by atoms with Crippen LogP contribution in [0.2, 0.25) is 5.02 Å². The summed E-state index contributed by atoms with van der Waals surface area (Å²) < 4.78 is 5.40. The van der Waals surface area contributed by atoms with E-state index in [4.69, 9.17) is 16.3 Å². The fourth-order valence-corrected chi connectivity index (χ4v) is 2.75. The van der Waals surface area contributed by atoms with Crippen LogP contribution >= 0.6 is 11.6 Å². The number of nitrogens with one attached hydrogen (secondary N) is 1. The van der Waals surface area contributed by atoms with E-state index >= 15 is 0 Å². The van der Waals surface area contributed by atoms with E-state index in [1.165, 1.54) is 0 Å². The molecule has 0 aliphatic heterocycles. The summed E-state index contributed by atoms with van der Waals surface area (Å²) >= 11 is 6.12. The molecule has 2 aromatic heterocycles. The molecule has 0 amide bonds. The Hall–Kier alpha value is -2.92. The lowest BCUT2D eigenvalue weighted by Crippen LogP contribution is -2.01. The van der Waals surface area contributed by atoms with E-state index in [1.54, 1.807) is 25.7 Å². The van der Waals surface area contributed by atoms with Gasteiger partial charge >= 0.3 is 0 Å². The lowest BCUT2D eigenvalue weighted by Gasteiger charge is -2.11. The Labute approximate surface area is 157 Å². The molecule has 0 spiro atoms. The first kappa shape index (κ1) is 17.9. The molecule has 1 N–H and O–H groups in total. The third-order valence-electron chi connectivity index (χ3n) is 3.68. The topological polar surface area (TPSA) is 59.9 Å². The van der Waals surface area contributed by atoms with Crippen molar-refractivity contribution in [2.24, 2.45) is 0 Å². The van der Waals surface area contributed by atoms with Crippen LogP contribution in [0.3, 0.4) is 0 Å². The van der Waals surface area contributed by atoms with E-state index in [0.717, 1.165) is 28.0 Å². The van der Waals surface area contributed by atoms with E-state index in [0.29, 0.717) is 23.3 Å². The lowest BCUT2D eigenvalue weighted by molar-refractivity contribution is 0.399. The van der Waals surface area contributed by atoms with Gasteiger partial charge < -0.3 is 10.1 Å². The van der Waals surface area contributed by atoms with Crippen molar-refractivity contribution in [3.05, 3.63) is 77.3 Å². The Balaban J connectivity index is 1.87. The largest absolute Gasteiger partial charge is 0.481 e. The molecule has 1 aromatic carbocycles. The number of halogens is 1. The molecule has 0 saturated heterocycles. The maximum absolute atomic E-state index is 6.12. The minimum absolute atomic E-state index is 0.536. The highest BCUT2D eigenvalue weighted by molar-refractivity contribution is 6.30. The van der Waals surface area contributed by atoms with Crippen LogP contribution in [-0.4, -0.2) is 22.1 Å². The summed E-state index contributed by atoms with van der Waals surface area (Å²) in [7, 11) is 1.61. The number of rotatable bonds is 6. The van der Waals surface area contributed by atoms with Crippen molar-refractivity contribution >= 4 is 17.5 Å². The molecule has 0 unspecified atom stereocenters. The molecular weight excluding hydrogens is 348 g/mol. The van der Waals surface area contributed by atoms with Gasteiger partial charge in [0.25, 0.3) is 0 Å². The summed E-state index contributed by atoms with van der Waals surface area (Å²) in [5, 5.41) is 3.66. The normalized spacial score (nSPS) is 10.4. The Morgan fingerprint density at radius 2 is 1.85 bits per heavy atom. The van der Waals surface area contributed by atoms with Gasteiger partial charge in [0.2, 0.25) is 11.8 Å². The Morgan fingerprint density at radius 3 is 2.50 bits per heavy atom. The van der Waals surface area contributed by atoms with Gasteiger partial charge in [0.1, 0.15) is 0 Å². The maximum atomic E-state index is 6.12. The third-order valence-corrected chi connectivity index (χ3v) is 3.91. The van der Waals surface area contributed by atoms with Crippen LogP contribution in [0.5, 0.6) is 5.88 Å². The molecule has 0 fully saturated rings. The van der Waals surface area contributed by atoms with Crippen LogP contribution in [0, 0.1) is 0 Å². The van der Waals surface area contributed by atoms with Crippen molar-refractivity contribution in [2.45, 2.75) is 13.3 Å². The maximum Gasteiger partial charge on any atom is 0.226 e. The predicted octanol–water partition coefficient (Wildman–Crippen LogP) is 4.74. The fourth-order valence-electron chi connectivity index (χ4n) is 2.55. The number of ether oxygens (including phenoxy) is 1. The number of allylic oxidation sites excluding steroid dienone is 1. The molecule has 0 atom stereocenters. The smallest absolute Gasteiger partial charge is 0.226 e. The zero-order valence-corrected chi connectivity index (χ0v) is 15.4. The summed E-state index contributed by atoms with van der Waals surface area (Å²) in [6.07, 6.45) is 6.05. The molecule has 132 valence electrons. The van der Waals surface area contributed by atoms with Crippen molar-refractivity contribution in [1.29, 1.82) is 0 Å². The molecule has 0 bridgehead atoms. The van der Waals surface area contributed by atoms with Crippen LogP contribution in [0.4, 0.5) is 5.95 Å². The van der Waals surface area contributed by atoms with Gasteiger partial charge in [-0.25, -0.2) is 15.0 Å². The van der Waals surface area contributed by atoms with Gasteiger partial charge in [0.15, 0.2) is 0 Å². The summed E-state index contributed by atoms with van der Waals surface area (Å²) in [4.78, 5) is 13.0. The van der Waals surface area contributed by atoms with Crippen molar-refractivity contribution in [3.8, 4) is 17.0 Å². The van der Waals surface area contributed by atoms with Gasteiger partial charge in [0, 0.05) is 41.3 Å². The van der Waals surface area contributed by atoms with Gasteiger partial charge in [-0.05, 0) is 41.8 Å². The SMILES string of the molecule is C=C(C)Nc1ncc(Cc2cnc(OC)c(-c3cccc(Cl)c3)c2)cn1. The molecule has 5 nitrogen and oxygen atoms in total. The van der Waals surface area contributed by atoms with E-state index in [-0.39, 0.29) is 0 Å². The van der Waals surface area contributed by atoms with Crippen molar-refractivity contribution < 1.29 is 4.74 Å². The highest BCUT2D eigenvalue weighted by Crippen LogP contribution is 2.31. The molecule has 0 radical (unpaired) electrons. The highest BCUT2D eigenvalue weighted by atomic mass is 35.5. The summed E-state index contributed by atoms with van der Waals surface area (Å²) in [6, 6.07) is 9.68. The molecule has 26 heavy (non-hydrogen) atoms. The van der Waals surface area contributed by atoms with Crippen LogP contribution in [0.25, 0.3) is 11.1 Å². The highest BCUT2D eigenvalue weighted by Gasteiger charge is 2.10. The Bertz CT molecular complexity index is 925. The van der Waals surface area contributed by atoms with Gasteiger partial charge in [-0.3, -0.25) is 0 Å². The number of methoxy groups -OCH3 is 1. The Kier molecular flexibility index (Phi) is 5.49. The fraction of sp³-hybridized carbons (Fsp3) is 0.150. The molecule has 0 aliphatic carbocycles. The van der Waals surface area contributed by atoms with Gasteiger partial charge in [-0.15, -0.1) is 0 Å². The first-order chi connectivity index (χ1) is 12.5. The second-order valence-electron chi connectivity index (χ2n) is 5.91.